The summed E-state index contributed by atoms with van der Waals surface area (Å²) in [4.78, 5) is 11.8. The Morgan fingerprint density at radius 1 is 1.25 bits per heavy atom. The molecule has 0 radical (unpaired) electrons. The number of amides is 1. The number of anilines is 1. The van der Waals surface area contributed by atoms with Gasteiger partial charge < -0.3 is 11.1 Å². The minimum atomic E-state index is -0.884. The highest BCUT2D eigenvalue weighted by atomic mass is 19.1. The number of rotatable bonds is 5. The predicted molar refractivity (Wildman–Crippen MR) is 74.3 cm³/mol. The van der Waals surface area contributed by atoms with Crippen LogP contribution in [0.15, 0.2) is 12.1 Å². The van der Waals surface area contributed by atoms with Gasteiger partial charge in [0.05, 0.1) is 11.3 Å². The molecular weight excluding hydrogens is 262 g/mol. The molecule has 2 rings (SSSR count). The standard InChI is InChI=1S/C15H20F2N2O/c16-12-9-13(17)14(18)8-11(12)15(20)19-7-3-6-10-4-1-2-5-10/h8-10H,1-7,18H2,(H,19,20). The van der Waals surface area contributed by atoms with Crippen LogP contribution in [0.3, 0.4) is 0 Å². The van der Waals surface area contributed by atoms with Crippen LogP contribution in [-0.2, 0) is 0 Å². The van der Waals surface area contributed by atoms with Crippen molar-refractivity contribution in [3.63, 3.8) is 0 Å². The van der Waals surface area contributed by atoms with E-state index in [9.17, 15) is 13.6 Å². The topological polar surface area (TPSA) is 55.1 Å². The van der Waals surface area contributed by atoms with Gasteiger partial charge in [-0.1, -0.05) is 25.7 Å². The number of nitrogens with two attached hydrogens (primary N) is 1. The van der Waals surface area contributed by atoms with Crippen molar-refractivity contribution in [3.05, 3.63) is 29.3 Å². The third-order valence-corrected chi connectivity index (χ3v) is 3.88. The highest BCUT2D eigenvalue weighted by molar-refractivity contribution is 5.95. The molecule has 1 fully saturated rings. The van der Waals surface area contributed by atoms with E-state index in [1.54, 1.807) is 0 Å². The van der Waals surface area contributed by atoms with Crippen molar-refractivity contribution in [1.29, 1.82) is 0 Å². The molecule has 1 amide bonds. The SMILES string of the molecule is Nc1cc(C(=O)NCCCC2CCCC2)c(F)cc1F. The molecule has 0 atom stereocenters. The lowest BCUT2D eigenvalue weighted by Crippen LogP contribution is -2.26. The lowest BCUT2D eigenvalue weighted by molar-refractivity contribution is 0.0948. The van der Waals surface area contributed by atoms with Crippen LogP contribution in [0.25, 0.3) is 0 Å². The predicted octanol–water partition coefficient (Wildman–Crippen LogP) is 3.25. The summed E-state index contributed by atoms with van der Waals surface area (Å²) in [7, 11) is 0. The van der Waals surface area contributed by atoms with Crippen molar-refractivity contribution >= 4 is 11.6 Å². The van der Waals surface area contributed by atoms with E-state index < -0.39 is 17.5 Å². The summed E-state index contributed by atoms with van der Waals surface area (Å²) in [6, 6.07) is 1.68. The van der Waals surface area contributed by atoms with E-state index >= 15 is 0 Å². The summed E-state index contributed by atoms with van der Waals surface area (Å²) in [6.45, 7) is 0.506. The molecule has 20 heavy (non-hydrogen) atoms. The molecule has 1 aliphatic rings. The molecular formula is C15H20F2N2O. The number of carbonyl (C=O) groups is 1. The van der Waals surface area contributed by atoms with Crippen molar-refractivity contribution < 1.29 is 13.6 Å². The van der Waals surface area contributed by atoms with Crippen LogP contribution in [0.2, 0.25) is 0 Å². The van der Waals surface area contributed by atoms with Crippen molar-refractivity contribution in [2.24, 2.45) is 5.92 Å². The lowest BCUT2D eigenvalue weighted by Gasteiger charge is -2.10. The summed E-state index contributed by atoms with van der Waals surface area (Å²) in [5.41, 5.74) is 4.92. The molecule has 0 saturated heterocycles. The normalized spacial score (nSPS) is 15.5. The second kappa shape index (κ2) is 6.68. The minimum absolute atomic E-state index is 0.204. The Labute approximate surface area is 117 Å². The van der Waals surface area contributed by atoms with E-state index in [0.717, 1.165) is 24.8 Å². The second-order valence-electron chi connectivity index (χ2n) is 5.40. The van der Waals surface area contributed by atoms with Gasteiger partial charge in [0.15, 0.2) is 0 Å². The fourth-order valence-corrected chi connectivity index (χ4v) is 2.73. The molecule has 0 spiro atoms. The number of halogens is 2. The quantitative estimate of drug-likeness (QED) is 0.643. The summed E-state index contributed by atoms with van der Waals surface area (Å²) < 4.78 is 26.5. The van der Waals surface area contributed by atoms with Gasteiger partial charge in [-0.25, -0.2) is 8.78 Å². The van der Waals surface area contributed by atoms with Gasteiger partial charge in [0, 0.05) is 12.6 Å². The Hall–Kier alpha value is -1.65. The van der Waals surface area contributed by atoms with Crippen LogP contribution >= 0.6 is 0 Å². The molecule has 1 aromatic carbocycles. The summed E-state index contributed by atoms with van der Waals surface area (Å²) >= 11 is 0. The van der Waals surface area contributed by atoms with Crippen LogP contribution in [-0.4, -0.2) is 12.5 Å². The van der Waals surface area contributed by atoms with Crippen LogP contribution in [0, 0.1) is 17.6 Å². The first-order valence-corrected chi connectivity index (χ1v) is 7.10. The molecule has 1 aliphatic carbocycles. The van der Waals surface area contributed by atoms with Gasteiger partial charge in [-0.15, -0.1) is 0 Å². The van der Waals surface area contributed by atoms with Crippen molar-refractivity contribution in [3.8, 4) is 0 Å². The van der Waals surface area contributed by atoms with E-state index in [1.165, 1.54) is 25.7 Å². The third kappa shape index (κ3) is 3.68. The molecule has 110 valence electrons. The number of nitrogen functional groups attached to an aromatic ring is 1. The zero-order chi connectivity index (χ0) is 14.5. The first-order valence-electron chi connectivity index (χ1n) is 7.10. The van der Waals surface area contributed by atoms with E-state index in [0.29, 0.717) is 12.6 Å². The maximum atomic E-state index is 13.5. The van der Waals surface area contributed by atoms with Gasteiger partial charge >= 0.3 is 0 Å². The Morgan fingerprint density at radius 2 is 1.95 bits per heavy atom. The molecule has 0 bridgehead atoms. The fraction of sp³-hybridized carbons (Fsp3) is 0.533. The number of hydrogen-bond acceptors (Lipinski definition) is 2. The first-order chi connectivity index (χ1) is 9.58. The fourth-order valence-electron chi connectivity index (χ4n) is 2.73. The van der Waals surface area contributed by atoms with Gasteiger partial charge in [0.25, 0.3) is 5.91 Å². The maximum Gasteiger partial charge on any atom is 0.254 e. The number of hydrogen-bond donors (Lipinski definition) is 2. The van der Waals surface area contributed by atoms with Gasteiger partial charge in [0.2, 0.25) is 0 Å². The molecule has 0 unspecified atom stereocenters. The van der Waals surface area contributed by atoms with Crippen LogP contribution in [0.5, 0.6) is 0 Å². The summed E-state index contributed by atoms with van der Waals surface area (Å²) in [5, 5.41) is 2.65. The number of carbonyl (C=O) groups excluding carboxylic acids is 1. The monoisotopic (exact) mass is 282 g/mol. The molecule has 1 aromatic rings. The Morgan fingerprint density at radius 3 is 2.65 bits per heavy atom. The molecule has 0 heterocycles. The third-order valence-electron chi connectivity index (χ3n) is 3.88. The van der Waals surface area contributed by atoms with Crippen molar-refractivity contribution in [1.82, 2.24) is 5.32 Å². The zero-order valence-corrected chi connectivity index (χ0v) is 11.4. The van der Waals surface area contributed by atoms with E-state index in [-0.39, 0.29) is 11.3 Å². The molecule has 3 nitrogen and oxygen atoms in total. The van der Waals surface area contributed by atoms with E-state index in [2.05, 4.69) is 5.32 Å². The highest BCUT2D eigenvalue weighted by Crippen LogP contribution is 2.28. The average Bonchev–Trinajstić information content (AvgIpc) is 2.92. The second-order valence-corrected chi connectivity index (χ2v) is 5.40. The largest absolute Gasteiger partial charge is 0.396 e. The van der Waals surface area contributed by atoms with E-state index in [4.69, 9.17) is 5.73 Å². The zero-order valence-electron chi connectivity index (χ0n) is 11.4. The Bertz CT molecular complexity index is 485. The van der Waals surface area contributed by atoms with Gasteiger partial charge in [-0.05, 0) is 24.8 Å². The number of benzene rings is 1. The van der Waals surface area contributed by atoms with Crippen LogP contribution < -0.4 is 11.1 Å². The molecule has 1 saturated carbocycles. The van der Waals surface area contributed by atoms with E-state index in [1.807, 2.05) is 0 Å². The first kappa shape index (κ1) is 14.8. The van der Waals surface area contributed by atoms with Crippen molar-refractivity contribution in [2.45, 2.75) is 38.5 Å². The Kier molecular flexibility index (Phi) is 4.93. The molecule has 3 N–H and O–H groups in total. The lowest BCUT2D eigenvalue weighted by atomic mass is 10.0. The summed E-state index contributed by atoms with van der Waals surface area (Å²) in [6.07, 6.45) is 7.13. The average molecular weight is 282 g/mol. The maximum absolute atomic E-state index is 13.5. The molecule has 5 heteroatoms. The Balaban J connectivity index is 1.81. The van der Waals surface area contributed by atoms with Crippen molar-refractivity contribution in [2.75, 3.05) is 12.3 Å². The smallest absolute Gasteiger partial charge is 0.254 e. The van der Waals surface area contributed by atoms with Gasteiger partial charge in [-0.3, -0.25) is 4.79 Å². The van der Waals surface area contributed by atoms with Gasteiger partial charge in [0.1, 0.15) is 11.6 Å². The summed E-state index contributed by atoms with van der Waals surface area (Å²) in [5.74, 6) is -1.50. The van der Waals surface area contributed by atoms with Crippen LogP contribution in [0.1, 0.15) is 48.9 Å². The van der Waals surface area contributed by atoms with Crippen LogP contribution in [0.4, 0.5) is 14.5 Å². The molecule has 0 aliphatic heterocycles. The number of nitrogens with one attached hydrogen (secondary N) is 1. The highest BCUT2D eigenvalue weighted by Gasteiger charge is 2.16. The molecule has 0 aromatic heterocycles. The minimum Gasteiger partial charge on any atom is -0.396 e. The van der Waals surface area contributed by atoms with Gasteiger partial charge in [-0.2, -0.15) is 0 Å².